The quantitative estimate of drug-likeness (QED) is 0.0202. The lowest BCUT2D eigenvalue weighted by Crippen LogP contribution is -2.37. The van der Waals surface area contributed by atoms with Gasteiger partial charge in [-0.05, 0) is 51.4 Å². The van der Waals surface area contributed by atoms with Gasteiger partial charge in [-0.25, -0.2) is 0 Å². The highest BCUT2D eigenvalue weighted by Crippen LogP contribution is 2.38. The van der Waals surface area contributed by atoms with E-state index >= 15 is 0 Å². The second kappa shape index (κ2) is 35.7. The fourth-order valence-electron chi connectivity index (χ4n) is 5.35. The van der Waals surface area contributed by atoms with E-state index in [0.717, 1.165) is 83.5 Å². The third kappa shape index (κ3) is 39.5. The lowest BCUT2D eigenvalue weighted by Gasteiger charge is -2.28. The van der Waals surface area contributed by atoms with Crippen molar-refractivity contribution in [2.45, 2.75) is 168 Å². The number of unbranched alkanes of at least 4 members (excludes halogenated alkanes) is 15. The average Bonchev–Trinajstić information content (AvgIpc) is 3.10. The molecule has 0 aliphatic rings. The number of nitrogens with zero attached hydrogens (tertiary/aromatic N) is 1. The summed E-state index contributed by atoms with van der Waals surface area (Å²) in [5.74, 6) is -0.854. The Bertz CT molecular complexity index is 1050. The van der Waals surface area contributed by atoms with Crippen molar-refractivity contribution < 1.29 is 42.1 Å². The summed E-state index contributed by atoms with van der Waals surface area (Å²) in [7, 11) is 1.15. The summed E-state index contributed by atoms with van der Waals surface area (Å²) >= 11 is 0. The minimum absolute atomic E-state index is 0.0347. The maximum Gasteiger partial charge on any atom is 0.306 e. The van der Waals surface area contributed by atoms with E-state index in [-0.39, 0.29) is 26.1 Å². The summed E-state index contributed by atoms with van der Waals surface area (Å²) in [4.78, 5) is 37.4. The molecule has 0 saturated carbocycles. The molecule has 308 valence electrons. The van der Waals surface area contributed by atoms with Gasteiger partial charge in [-0.1, -0.05) is 146 Å². The van der Waals surface area contributed by atoms with Gasteiger partial charge in [0.2, 0.25) is 0 Å². The molecule has 0 aliphatic carbocycles. The molecule has 0 fully saturated rings. The molecule has 0 heterocycles. The van der Waals surface area contributed by atoms with Crippen LogP contribution < -0.4 is 4.89 Å². The minimum Gasteiger partial charge on any atom is -0.756 e. The highest BCUT2D eigenvalue weighted by atomic mass is 31.2. The van der Waals surface area contributed by atoms with Gasteiger partial charge in [-0.3, -0.25) is 14.2 Å². The van der Waals surface area contributed by atoms with Crippen LogP contribution in [0.25, 0.3) is 0 Å². The van der Waals surface area contributed by atoms with Crippen LogP contribution in [0.4, 0.5) is 0 Å². The van der Waals surface area contributed by atoms with Crippen LogP contribution in [0.2, 0.25) is 0 Å². The Morgan fingerprint density at radius 2 is 1.08 bits per heavy atom. The molecule has 2 unspecified atom stereocenters. The first-order valence-corrected chi connectivity index (χ1v) is 22.3. The molecular weight excluding hydrogens is 689 g/mol. The third-order valence-electron chi connectivity index (χ3n) is 8.61. The SMILES string of the molecule is CC/C=C\C/C=C\C/C=C\C/C=C\CCCCCCCCC(=O)OC(COC(=O)CCCCCCCCCCCC)COP(=O)([O-])OCC[N+](C)(C)C. The van der Waals surface area contributed by atoms with Crippen LogP contribution in [-0.4, -0.2) is 70.0 Å². The van der Waals surface area contributed by atoms with Crippen LogP contribution in [-0.2, 0) is 32.7 Å². The van der Waals surface area contributed by atoms with Gasteiger partial charge in [0.15, 0.2) is 6.10 Å². The third-order valence-corrected chi connectivity index (χ3v) is 9.58. The zero-order valence-electron chi connectivity index (χ0n) is 34.4. The Labute approximate surface area is 324 Å². The van der Waals surface area contributed by atoms with Crippen LogP contribution in [0.3, 0.4) is 0 Å². The highest BCUT2D eigenvalue weighted by Gasteiger charge is 2.21. The van der Waals surface area contributed by atoms with Crippen molar-refractivity contribution in [3.8, 4) is 0 Å². The molecule has 10 heteroatoms. The van der Waals surface area contributed by atoms with E-state index in [1.165, 1.54) is 44.9 Å². The van der Waals surface area contributed by atoms with Gasteiger partial charge in [-0.2, -0.15) is 0 Å². The number of rotatable bonds is 37. The summed E-state index contributed by atoms with van der Waals surface area (Å²) < 4.78 is 33.8. The van der Waals surface area contributed by atoms with Gasteiger partial charge in [-0.15, -0.1) is 0 Å². The first-order valence-electron chi connectivity index (χ1n) is 20.8. The van der Waals surface area contributed by atoms with Gasteiger partial charge < -0.3 is 27.9 Å². The molecule has 0 saturated heterocycles. The summed E-state index contributed by atoms with van der Waals surface area (Å²) in [6, 6.07) is 0. The molecule has 0 aromatic carbocycles. The predicted octanol–water partition coefficient (Wildman–Crippen LogP) is 10.9. The van der Waals surface area contributed by atoms with Crippen molar-refractivity contribution >= 4 is 19.8 Å². The molecule has 0 N–H and O–H groups in total. The van der Waals surface area contributed by atoms with Crippen LogP contribution in [0.1, 0.15) is 162 Å². The van der Waals surface area contributed by atoms with Crippen LogP contribution in [0.15, 0.2) is 48.6 Å². The van der Waals surface area contributed by atoms with Crippen LogP contribution >= 0.6 is 7.82 Å². The lowest BCUT2D eigenvalue weighted by atomic mass is 10.1. The summed E-state index contributed by atoms with van der Waals surface area (Å²) in [6.07, 6.45) is 39.9. The number of allylic oxidation sites excluding steroid dienone is 8. The van der Waals surface area contributed by atoms with E-state index in [9.17, 15) is 19.0 Å². The standard InChI is InChI=1S/C43H78NO8P/c1-6-8-10-12-14-16-18-19-20-21-22-23-24-25-26-28-30-32-34-36-43(46)52-41(40-51-53(47,48)50-38-37-44(3,4)5)39-49-42(45)35-33-31-29-27-17-15-13-11-9-7-2/h8,10,14,16,19-20,22-23,41H,6-7,9,11-13,15,17-18,21,24-40H2,1-5H3/b10-8-,16-14-,20-19-,23-22-. The number of esters is 2. The Morgan fingerprint density at radius 1 is 0.604 bits per heavy atom. The Balaban J connectivity index is 4.38. The maximum absolute atomic E-state index is 12.6. The van der Waals surface area contributed by atoms with Crippen molar-refractivity contribution in [3.63, 3.8) is 0 Å². The average molecular weight is 768 g/mol. The molecule has 0 aromatic rings. The maximum atomic E-state index is 12.6. The highest BCUT2D eigenvalue weighted by molar-refractivity contribution is 7.45. The molecule has 0 aromatic heterocycles. The van der Waals surface area contributed by atoms with E-state index in [1.54, 1.807) is 0 Å². The molecule has 0 amide bonds. The fraction of sp³-hybridized carbons (Fsp3) is 0.767. The Kier molecular flexibility index (Phi) is 34.3. The van der Waals surface area contributed by atoms with E-state index in [2.05, 4.69) is 62.5 Å². The van der Waals surface area contributed by atoms with Crippen molar-refractivity contribution in [1.29, 1.82) is 0 Å². The second-order valence-corrected chi connectivity index (χ2v) is 16.4. The molecule has 53 heavy (non-hydrogen) atoms. The second-order valence-electron chi connectivity index (χ2n) is 15.0. The van der Waals surface area contributed by atoms with Crippen molar-refractivity contribution in [2.75, 3.05) is 47.5 Å². The number of carbonyl (C=O) groups is 2. The van der Waals surface area contributed by atoms with Gasteiger partial charge in [0.25, 0.3) is 7.82 Å². The van der Waals surface area contributed by atoms with Crippen molar-refractivity contribution in [1.82, 2.24) is 0 Å². The number of phosphoric acid groups is 1. The van der Waals surface area contributed by atoms with Crippen LogP contribution in [0.5, 0.6) is 0 Å². The number of ether oxygens (including phenoxy) is 2. The van der Waals surface area contributed by atoms with Gasteiger partial charge in [0.05, 0.1) is 27.7 Å². The van der Waals surface area contributed by atoms with Crippen LogP contribution in [0, 0.1) is 0 Å². The largest absolute Gasteiger partial charge is 0.756 e. The van der Waals surface area contributed by atoms with E-state index in [1.807, 2.05) is 21.1 Å². The molecule has 0 aliphatic heterocycles. The summed E-state index contributed by atoms with van der Waals surface area (Å²) in [6.45, 7) is 4.07. The Morgan fingerprint density at radius 3 is 1.60 bits per heavy atom. The zero-order chi connectivity index (χ0) is 39.3. The van der Waals surface area contributed by atoms with E-state index in [0.29, 0.717) is 17.4 Å². The number of quaternary nitrogens is 1. The number of carbonyl (C=O) groups excluding carboxylic acids is 2. The first-order chi connectivity index (χ1) is 25.5. The molecule has 0 bridgehead atoms. The molecule has 0 spiro atoms. The molecule has 0 rings (SSSR count). The fourth-order valence-corrected chi connectivity index (χ4v) is 6.08. The first kappa shape index (κ1) is 51.0. The summed E-state index contributed by atoms with van der Waals surface area (Å²) in [5.41, 5.74) is 0. The molecule has 0 radical (unpaired) electrons. The zero-order valence-corrected chi connectivity index (χ0v) is 35.3. The lowest BCUT2D eigenvalue weighted by molar-refractivity contribution is -0.870. The monoisotopic (exact) mass is 768 g/mol. The van der Waals surface area contributed by atoms with Gasteiger partial charge >= 0.3 is 11.9 Å². The number of phosphoric ester groups is 1. The normalized spacial score (nSPS) is 14.2. The topological polar surface area (TPSA) is 111 Å². The molecule has 2 atom stereocenters. The smallest absolute Gasteiger partial charge is 0.306 e. The minimum atomic E-state index is -4.62. The van der Waals surface area contributed by atoms with E-state index in [4.69, 9.17) is 18.5 Å². The molecule has 9 nitrogen and oxygen atoms in total. The van der Waals surface area contributed by atoms with Crippen molar-refractivity contribution in [3.05, 3.63) is 48.6 Å². The van der Waals surface area contributed by atoms with Crippen molar-refractivity contribution in [2.24, 2.45) is 0 Å². The predicted molar refractivity (Wildman–Crippen MR) is 217 cm³/mol. The summed E-state index contributed by atoms with van der Waals surface area (Å²) in [5, 5.41) is 0. The molecular formula is C43H78NO8P. The number of hydrogen-bond acceptors (Lipinski definition) is 8. The number of likely N-dealkylation sites (N-methyl/N-ethyl adjacent to an activating group) is 1. The van der Waals surface area contributed by atoms with Gasteiger partial charge in [0.1, 0.15) is 19.8 Å². The van der Waals surface area contributed by atoms with E-state index < -0.39 is 32.5 Å². The van der Waals surface area contributed by atoms with Gasteiger partial charge in [0, 0.05) is 12.8 Å². The number of hydrogen-bond donors (Lipinski definition) is 0. The Hall–Kier alpha value is -2.03.